The summed E-state index contributed by atoms with van der Waals surface area (Å²) in [5, 5.41) is 10.2. The van der Waals surface area contributed by atoms with Crippen LogP contribution in [0.25, 0.3) is 0 Å². The van der Waals surface area contributed by atoms with Gasteiger partial charge in [-0.3, -0.25) is 28.8 Å². The molecule has 0 aromatic rings. The van der Waals surface area contributed by atoms with Gasteiger partial charge in [0.15, 0.2) is 0 Å². The third kappa shape index (κ3) is 18.1. The minimum Gasteiger partial charge on any atom is -0.458 e. The van der Waals surface area contributed by atoms with Crippen LogP contribution in [0.2, 0.25) is 0 Å². The number of hydrogen-bond donors (Lipinski definition) is 5. The van der Waals surface area contributed by atoms with Crippen LogP contribution >= 0.6 is 0 Å². The summed E-state index contributed by atoms with van der Waals surface area (Å²) in [6.07, 6.45) is 26.9. The van der Waals surface area contributed by atoms with Crippen LogP contribution in [-0.2, 0) is 38.3 Å². The second-order valence-corrected chi connectivity index (χ2v) is 12.9. The van der Waals surface area contributed by atoms with Crippen LogP contribution in [0.3, 0.4) is 0 Å². The molecule has 1 aliphatic rings. The SMILES string of the molecule is CC=CC=CC=CC=CC=CC=CC=CC=CC(=O)N(C)C1C(=O)NC(CC(C)C)C(=O)NC(C)C(=O)NC(C)C(=O)NC(CCC(N)=O)C(=O)OC1C. The third-order valence-electron chi connectivity index (χ3n) is 7.78. The Bertz CT molecular complexity index is 1550. The van der Waals surface area contributed by atoms with Crippen molar-refractivity contribution in [2.75, 3.05) is 7.05 Å². The molecule has 54 heavy (non-hydrogen) atoms. The van der Waals surface area contributed by atoms with Gasteiger partial charge in [0, 0.05) is 19.5 Å². The molecule has 0 radical (unpaired) electrons. The second-order valence-electron chi connectivity index (χ2n) is 12.9. The van der Waals surface area contributed by atoms with E-state index >= 15 is 0 Å². The van der Waals surface area contributed by atoms with E-state index in [1.807, 2.05) is 81.5 Å². The third-order valence-corrected chi connectivity index (χ3v) is 7.78. The Morgan fingerprint density at radius 2 is 1.13 bits per heavy atom. The van der Waals surface area contributed by atoms with Crippen LogP contribution in [-0.4, -0.2) is 89.7 Å². The van der Waals surface area contributed by atoms with E-state index in [1.54, 1.807) is 24.3 Å². The molecule has 6 amide bonds. The van der Waals surface area contributed by atoms with Crippen molar-refractivity contribution in [2.24, 2.45) is 11.7 Å². The van der Waals surface area contributed by atoms with Crippen molar-refractivity contribution in [1.82, 2.24) is 26.2 Å². The molecule has 0 aromatic heterocycles. The fourth-order valence-corrected chi connectivity index (χ4v) is 4.88. The smallest absolute Gasteiger partial charge is 0.329 e. The number of primary amides is 1. The topological polar surface area (TPSA) is 206 Å². The molecule has 14 heteroatoms. The van der Waals surface area contributed by atoms with E-state index in [4.69, 9.17) is 10.5 Å². The molecular weight excluding hydrogens is 692 g/mol. The van der Waals surface area contributed by atoms with Crippen molar-refractivity contribution < 1.29 is 38.3 Å². The molecule has 6 atom stereocenters. The number of ether oxygens (including phenoxy) is 1. The molecular formula is C40H56N6O8. The first-order valence-electron chi connectivity index (χ1n) is 17.8. The van der Waals surface area contributed by atoms with Gasteiger partial charge in [0.2, 0.25) is 35.4 Å². The van der Waals surface area contributed by atoms with E-state index in [1.165, 1.54) is 40.0 Å². The first kappa shape index (κ1) is 46.2. The number of nitrogens with one attached hydrogen (secondary N) is 4. The van der Waals surface area contributed by atoms with Gasteiger partial charge in [-0.15, -0.1) is 0 Å². The lowest BCUT2D eigenvalue weighted by Gasteiger charge is -2.33. The molecule has 1 aliphatic heterocycles. The Kier molecular flexibility index (Phi) is 21.6. The number of hydrogen-bond acceptors (Lipinski definition) is 8. The predicted molar refractivity (Wildman–Crippen MR) is 208 cm³/mol. The fraction of sp³-hybridized carbons (Fsp3) is 0.425. The molecule has 6 N–H and O–H groups in total. The van der Waals surface area contributed by atoms with Crippen LogP contribution in [0.5, 0.6) is 0 Å². The molecule has 1 fully saturated rings. The molecule has 294 valence electrons. The molecule has 0 aliphatic carbocycles. The highest BCUT2D eigenvalue weighted by Crippen LogP contribution is 2.14. The monoisotopic (exact) mass is 748 g/mol. The zero-order valence-corrected chi connectivity index (χ0v) is 32.2. The Hall–Kier alpha value is -5.79. The summed E-state index contributed by atoms with van der Waals surface area (Å²) in [5.74, 6) is -5.38. The van der Waals surface area contributed by atoms with Crippen molar-refractivity contribution in [3.8, 4) is 0 Å². The number of nitrogens with zero attached hydrogens (tertiary/aromatic N) is 1. The first-order valence-corrected chi connectivity index (χ1v) is 17.8. The van der Waals surface area contributed by atoms with E-state index in [2.05, 4.69) is 21.3 Å². The van der Waals surface area contributed by atoms with E-state index in [9.17, 15) is 33.6 Å². The number of esters is 1. The maximum absolute atomic E-state index is 13.9. The molecule has 6 unspecified atom stereocenters. The minimum atomic E-state index is -1.45. The van der Waals surface area contributed by atoms with E-state index in [0.29, 0.717) is 0 Å². The number of amides is 6. The van der Waals surface area contributed by atoms with Gasteiger partial charge in [-0.05, 0) is 46.5 Å². The molecule has 1 rings (SSSR count). The summed E-state index contributed by atoms with van der Waals surface area (Å²) in [7, 11) is 1.34. The van der Waals surface area contributed by atoms with Crippen LogP contribution < -0.4 is 27.0 Å². The van der Waals surface area contributed by atoms with E-state index in [-0.39, 0.29) is 25.2 Å². The van der Waals surface area contributed by atoms with E-state index < -0.39 is 77.7 Å². The van der Waals surface area contributed by atoms with Gasteiger partial charge >= 0.3 is 5.97 Å². The standard InChI is InChI=1S/C40H56N6O8/c1-8-9-10-11-12-13-14-15-16-17-18-19-20-21-22-23-34(48)46(7)35-30(6)54-40(53)31(24-25-33(41)47)44-37(50)29(5)42-36(49)28(4)43-38(51)32(26-27(2)3)45-39(35)52/h8-23,27-32,35H,24-26H2,1-7H3,(H2,41,47)(H,42,49)(H,43,51)(H,44,50)(H,45,52). The van der Waals surface area contributed by atoms with Gasteiger partial charge in [0.1, 0.15) is 36.3 Å². The largest absolute Gasteiger partial charge is 0.458 e. The van der Waals surface area contributed by atoms with Crippen molar-refractivity contribution in [2.45, 2.75) is 97.1 Å². The quantitative estimate of drug-likeness (QED) is 0.101. The normalized spacial score (nSPS) is 24.4. The van der Waals surface area contributed by atoms with Gasteiger partial charge in [0.05, 0.1) is 0 Å². The molecule has 0 aromatic carbocycles. The van der Waals surface area contributed by atoms with Crippen LogP contribution in [0.4, 0.5) is 0 Å². The first-order chi connectivity index (χ1) is 25.6. The Labute approximate surface area is 318 Å². The zero-order valence-electron chi connectivity index (χ0n) is 32.2. The summed E-state index contributed by atoms with van der Waals surface area (Å²) in [5.41, 5.74) is 5.29. The number of carbonyl (C=O) groups excluding carboxylic acids is 7. The second kappa shape index (κ2) is 25.2. The van der Waals surface area contributed by atoms with Gasteiger partial charge in [-0.2, -0.15) is 0 Å². The number of rotatable bonds is 14. The average Bonchev–Trinajstić information content (AvgIpc) is 3.10. The summed E-state index contributed by atoms with van der Waals surface area (Å²) in [6.45, 7) is 9.80. The minimum absolute atomic E-state index is 0.0766. The number of allylic oxidation sites excluding steroid dienone is 15. The number of nitrogens with two attached hydrogens (primary N) is 1. The lowest BCUT2D eigenvalue weighted by atomic mass is 10.0. The lowest BCUT2D eigenvalue weighted by molar-refractivity contribution is -0.160. The van der Waals surface area contributed by atoms with E-state index in [0.717, 1.165) is 4.90 Å². The lowest BCUT2D eigenvalue weighted by Crippen LogP contribution is -2.61. The van der Waals surface area contributed by atoms with Crippen molar-refractivity contribution in [3.05, 3.63) is 97.2 Å². The average molecular weight is 749 g/mol. The number of carbonyl (C=O) groups is 7. The van der Waals surface area contributed by atoms with Gasteiger partial charge in [0.25, 0.3) is 0 Å². The number of likely N-dealkylation sites (N-methyl/N-ethyl adjacent to an activating group) is 1. The van der Waals surface area contributed by atoms with Crippen molar-refractivity contribution >= 4 is 41.4 Å². The predicted octanol–water partition coefficient (Wildman–Crippen LogP) is 2.52. The summed E-state index contributed by atoms with van der Waals surface area (Å²) in [4.78, 5) is 92.5. The molecule has 0 bridgehead atoms. The highest BCUT2D eigenvalue weighted by Gasteiger charge is 2.38. The van der Waals surface area contributed by atoms with Crippen molar-refractivity contribution in [3.63, 3.8) is 0 Å². The molecule has 1 heterocycles. The molecule has 0 spiro atoms. The highest BCUT2D eigenvalue weighted by molar-refractivity contribution is 5.97. The fourth-order valence-electron chi connectivity index (χ4n) is 4.88. The van der Waals surface area contributed by atoms with Crippen LogP contribution in [0, 0.1) is 5.92 Å². The molecule has 14 nitrogen and oxygen atoms in total. The summed E-state index contributed by atoms with van der Waals surface area (Å²) >= 11 is 0. The maximum Gasteiger partial charge on any atom is 0.329 e. The maximum atomic E-state index is 13.9. The number of cyclic esters (lactones) is 1. The Morgan fingerprint density at radius 3 is 1.61 bits per heavy atom. The van der Waals surface area contributed by atoms with Gasteiger partial charge in [-0.1, -0.05) is 105 Å². The molecule has 0 saturated carbocycles. The van der Waals surface area contributed by atoms with Gasteiger partial charge < -0.3 is 36.6 Å². The van der Waals surface area contributed by atoms with Crippen molar-refractivity contribution in [1.29, 1.82) is 0 Å². The highest BCUT2D eigenvalue weighted by atomic mass is 16.5. The summed E-state index contributed by atoms with van der Waals surface area (Å²) < 4.78 is 5.63. The Morgan fingerprint density at radius 1 is 0.685 bits per heavy atom. The zero-order chi connectivity index (χ0) is 40.6. The summed E-state index contributed by atoms with van der Waals surface area (Å²) in [6, 6.07) is -6.21. The molecule has 1 saturated heterocycles. The van der Waals surface area contributed by atoms with Crippen LogP contribution in [0.1, 0.15) is 60.8 Å². The van der Waals surface area contributed by atoms with Crippen LogP contribution in [0.15, 0.2) is 97.2 Å². The van der Waals surface area contributed by atoms with Gasteiger partial charge in [-0.25, -0.2) is 4.79 Å². The Balaban J connectivity index is 3.33.